The second kappa shape index (κ2) is 4.09. The first kappa shape index (κ1) is 9.80. The van der Waals surface area contributed by atoms with Crippen LogP contribution in [0.5, 0.6) is 0 Å². The molecule has 1 aliphatic rings. The summed E-state index contributed by atoms with van der Waals surface area (Å²) in [5, 5.41) is 3.02. The Labute approximate surface area is 69.1 Å². The van der Waals surface area contributed by atoms with Gasteiger partial charge in [-0.15, -0.1) is 0 Å². The summed E-state index contributed by atoms with van der Waals surface area (Å²) in [7, 11) is 0. The summed E-state index contributed by atoms with van der Waals surface area (Å²) in [6, 6.07) is 0. The second-order valence-electron chi connectivity index (χ2n) is 2.96. The van der Waals surface area contributed by atoms with Crippen molar-refractivity contribution in [1.29, 1.82) is 0 Å². The third-order valence-electron chi connectivity index (χ3n) is 1.75. The first-order valence-electron chi connectivity index (χ1n) is 3.93. The number of alkyl halides is 3. The molecule has 12 heavy (non-hydrogen) atoms. The van der Waals surface area contributed by atoms with Gasteiger partial charge < -0.3 is 10.1 Å². The lowest BCUT2D eigenvalue weighted by atomic mass is 10.1. The van der Waals surface area contributed by atoms with Gasteiger partial charge in [0.25, 0.3) is 0 Å². The molecule has 1 fully saturated rings. The average molecular weight is 183 g/mol. The summed E-state index contributed by atoms with van der Waals surface area (Å²) in [4.78, 5) is 0. The van der Waals surface area contributed by atoms with E-state index in [1.54, 1.807) is 0 Å². The van der Waals surface area contributed by atoms with Crippen LogP contribution in [0.2, 0.25) is 0 Å². The van der Waals surface area contributed by atoms with Crippen molar-refractivity contribution in [2.75, 3.05) is 26.3 Å². The van der Waals surface area contributed by atoms with Gasteiger partial charge in [-0.3, -0.25) is 0 Å². The molecule has 0 aromatic rings. The van der Waals surface area contributed by atoms with Gasteiger partial charge in [-0.2, -0.15) is 13.2 Å². The quantitative estimate of drug-likeness (QED) is 0.661. The van der Waals surface area contributed by atoms with Crippen molar-refractivity contribution in [2.24, 2.45) is 5.92 Å². The molecule has 1 saturated heterocycles. The maximum atomic E-state index is 11.6. The van der Waals surface area contributed by atoms with E-state index in [1.807, 2.05) is 0 Å². The molecule has 0 aliphatic carbocycles. The van der Waals surface area contributed by atoms with Crippen LogP contribution >= 0.6 is 0 Å². The Morgan fingerprint density at radius 3 is 2.42 bits per heavy atom. The SMILES string of the molecule is FC(F)(F)CCOCC1CNC1. The first-order valence-corrected chi connectivity index (χ1v) is 3.93. The number of hydrogen-bond donors (Lipinski definition) is 1. The van der Waals surface area contributed by atoms with E-state index >= 15 is 0 Å². The second-order valence-corrected chi connectivity index (χ2v) is 2.96. The Kier molecular flexibility index (Phi) is 3.34. The summed E-state index contributed by atoms with van der Waals surface area (Å²) >= 11 is 0. The first-order chi connectivity index (χ1) is 5.58. The predicted molar refractivity (Wildman–Crippen MR) is 37.9 cm³/mol. The molecule has 1 rings (SSSR count). The topological polar surface area (TPSA) is 21.3 Å². The van der Waals surface area contributed by atoms with Gasteiger partial charge in [0.15, 0.2) is 0 Å². The molecular weight excluding hydrogens is 171 g/mol. The molecule has 0 saturated carbocycles. The maximum Gasteiger partial charge on any atom is 0.391 e. The molecule has 0 unspecified atom stereocenters. The molecule has 0 bridgehead atoms. The van der Waals surface area contributed by atoms with Gasteiger partial charge in [0.05, 0.1) is 19.6 Å². The lowest BCUT2D eigenvalue weighted by Crippen LogP contribution is -2.44. The Morgan fingerprint density at radius 1 is 1.33 bits per heavy atom. The van der Waals surface area contributed by atoms with E-state index in [0.29, 0.717) is 12.5 Å². The summed E-state index contributed by atoms with van der Waals surface area (Å²) in [6.45, 7) is 1.97. The molecule has 0 radical (unpaired) electrons. The third-order valence-corrected chi connectivity index (χ3v) is 1.75. The fraction of sp³-hybridized carbons (Fsp3) is 1.00. The van der Waals surface area contributed by atoms with Crippen LogP contribution in [0.4, 0.5) is 13.2 Å². The third kappa shape index (κ3) is 3.92. The van der Waals surface area contributed by atoms with Crippen molar-refractivity contribution in [1.82, 2.24) is 5.32 Å². The zero-order chi connectivity index (χ0) is 9.03. The molecule has 0 amide bonds. The highest BCUT2D eigenvalue weighted by Crippen LogP contribution is 2.19. The van der Waals surface area contributed by atoms with Crippen LogP contribution in [0.1, 0.15) is 6.42 Å². The zero-order valence-electron chi connectivity index (χ0n) is 6.66. The lowest BCUT2D eigenvalue weighted by Gasteiger charge is -2.26. The molecule has 0 aromatic heterocycles. The normalized spacial score (nSPS) is 19.2. The number of halogens is 3. The van der Waals surface area contributed by atoms with Crippen LogP contribution in [0, 0.1) is 5.92 Å². The van der Waals surface area contributed by atoms with E-state index in [9.17, 15) is 13.2 Å². The number of rotatable bonds is 4. The van der Waals surface area contributed by atoms with Crippen LogP contribution in [0.25, 0.3) is 0 Å². The molecule has 5 heteroatoms. The minimum absolute atomic E-state index is 0.208. The van der Waals surface area contributed by atoms with Crippen molar-refractivity contribution in [3.8, 4) is 0 Å². The van der Waals surface area contributed by atoms with E-state index in [2.05, 4.69) is 5.32 Å². The summed E-state index contributed by atoms with van der Waals surface area (Å²) in [5.41, 5.74) is 0. The molecule has 2 nitrogen and oxygen atoms in total. The standard InChI is InChI=1S/C7H12F3NO/c8-7(9,10)1-2-12-5-6-3-11-4-6/h6,11H,1-5H2. The smallest absolute Gasteiger partial charge is 0.381 e. The summed E-state index contributed by atoms with van der Waals surface area (Å²) in [5.74, 6) is 0.415. The average Bonchev–Trinajstić information content (AvgIpc) is 1.80. The molecular formula is C7H12F3NO. The highest BCUT2D eigenvalue weighted by atomic mass is 19.4. The van der Waals surface area contributed by atoms with Crippen molar-refractivity contribution in [3.63, 3.8) is 0 Å². The van der Waals surface area contributed by atoms with Gasteiger partial charge >= 0.3 is 6.18 Å². The van der Waals surface area contributed by atoms with Gasteiger partial charge in [-0.05, 0) is 0 Å². The fourth-order valence-electron chi connectivity index (χ4n) is 0.904. The van der Waals surface area contributed by atoms with E-state index in [-0.39, 0.29) is 6.61 Å². The van der Waals surface area contributed by atoms with Crippen molar-refractivity contribution in [2.45, 2.75) is 12.6 Å². The Bertz CT molecular complexity index is 133. The van der Waals surface area contributed by atoms with Crippen LogP contribution in [-0.4, -0.2) is 32.5 Å². The van der Waals surface area contributed by atoms with Gasteiger partial charge in [0, 0.05) is 19.0 Å². The van der Waals surface area contributed by atoms with Crippen LogP contribution in [0.15, 0.2) is 0 Å². The fourth-order valence-corrected chi connectivity index (χ4v) is 0.904. The number of ether oxygens (including phenoxy) is 1. The predicted octanol–water partition coefficient (Wildman–Crippen LogP) is 1.17. The highest BCUT2D eigenvalue weighted by Gasteiger charge is 2.26. The Morgan fingerprint density at radius 2 is 2.00 bits per heavy atom. The van der Waals surface area contributed by atoms with Crippen molar-refractivity contribution < 1.29 is 17.9 Å². The van der Waals surface area contributed by atoms with E-state index in [0.717, 1.165) is 13.1 Å². The van der Waals surface area contributed by atoms with Gasteiger partial charge in [-0.1, -0.05) is 0 Å². The van der Waals surface area contributed by atoms with Gasteiger partial charge in [-0.25, -0.2) is 0 Å². The van der Waals surface area contributed by atoms with E-state index in [1.165, 1.54) is 0 Å². The summed E-state index contributed by atoms with van der Waals surface area (Å²) < 4.78 is 39.6. The van der Waals surface area contributed by atoms with E-state index < -0.39 is 12.6 Å². The molecule has 0 spiro atoms. The van der Waals surface area contributed by atoms with Gasteiger partial charge in [0.2, 0.25) is 0 Å². The van der Waals surface area contributed by atoms with E-state index in [4.69, 9.17) is 4.74 Å². The van der Waals surface area contributed by atoms with Crippen molar-refractivity contribution in [3.05, 3.63) is 0 Å². The molecule has 72 valence electrons. The molecule has 1 aliphatic heterocycles. The molecule has 1 heterocycles. The largest absolute Gasteiger partial charge is 0.391 e. The molecule has 1 N–H and O–H groups in total. The monoisotopic (exact) mass is 183 g/mol. The highest BCUT2D eigenvalue weighted by molar-refractivity contribution is 4.73. The Balaban J connectivity index is 1.88. The Hall–Kier alpha value is -0.290. The number of hydrogen-bond acceptors (Lipinski definition) is 2. The summed E-state index contributed by atoms with van der Waals surface area (Å²) in [6.07, 6.45) is -4.93. The van der Waals surface area contributed by atoms with Gasteiger partial charge in [0.1, 0.15) is 0 Å². The van der Waals surface area contributed by atoms with Crippen LogP contribution in [-0.2, 0) is 4.74 Å². The zero-order valence-corrected chi connectivity index (χ0v) is 6.66. The van der Waals surface area contributed by atoms with Crippen molar-refractivity contribution >= 4 is 0 Å². The molecule has 0 aromatic carbocycles. The minimum Gasteiger partial charge on any atom is -0.381 e. The molecule has 0 atom stereocenters. The lowest BCUT2D eigenvalue weighted by molar-refractivity contribution is -0.146. The maximum absolute atomic E-state index is 11.6. The van der Waals surface area contributed by atoms with Crippen LogP contribution in [0.3, 0.4) is 0 Å². The van der Waals surface area contributed by atoms with Crippen LogP contribution < -0.4 is 5.32 Å². The minimum atomic E-state index is -4.09. The number of nitrogens with one attached hydrogen (secondary N) is 1.